The number of rotatable bonds is 1. The zero-order valence-corrected chi connectivity index (χ0v) is 15.5. The van der Waals surface area contributed by atoms with Gasteiger partial charge in [-0.1, -0.05) is 34.5 Å². The SMILES string of the molecule is Cn1c(=NC(=O)c2cc(Cl)sc2Cl)sc2cc3c(cc21)OCCO3. The van der Waals surface area contributed by atoms with Gasteiger partial charge in [0.1, 0.15) is 17.6 Å². The molecule has 4 rings (SSSR count). The molecule has 1 amide bonds. The van der Waals surface area contributed by atoms with Gasteiger partial charge in [0, 0.05) is 19.2 Å². The summed E-state index contributed by atoms with van der Waals surface area (Å²) >= 11 is 14.5. The number of halogens is 2. The van der Waals surface area contributed by atoms with Crippen LogP contribution in [0, 0.1) is 0 Å². The van der Waals surface area contributed by atoms with Crippen molar-refractivity contribution in [2.24, 2.45) is 12.0 Å². The zero-order chi connectivity index (χ0) is 16.8. The van der Waals surface area contributed by atoms with Crippen molar-refractivity contribution in [1.82, 2.24) is 4.57 Å². The predicted octanol–water partition coefficient (Wildman–Crippen LogP) is 4.12. The number of hydrogen-bond acceptors (Lipinski definition) is 5. The minimum Gasteiger partial charge on any atom is -0.486 e. The first kappa shape index (κ1) is 16.0. The van der Waals surface area contributed by atoms with Crippen molar-refractivity contribution < 1.29 is 14.3 Å². The average Bonchev–Trinajstić information content (AvgIpc) is 3.05. The van der Waals surface area contributed by atoms with E-state index >= 15 is 0 Å². The molecule has 0 unspecified atom stereocenters. The summed E-state index contributed by atoms with van der Waals surface area (Å²) in [4.78, 5) is 17.1. The van der Waals surface area contributed by atoms with Gasteiger partial charge in [-0.3, -0.25) is 4.79 Å². The zero-order valence-electron chi connectivity index (χ0n) is 12.3. The highest BCUT2D eigenvalue weighted by molar-refractivity contribution is 7.20. The van der Waals surface area contributed by atoms with Gasteiger partial charge < -0.3 is 14.0 Å². The normalized spacial score (nSPS) is 14.4. The van der Waals surface area contributed by atoms with Crippen molar-refractivity contribution in [3.05, 3.63) is 37.2 Å². The van der Waals surface area contributed by atoms with Gasteiger partial charge in [-0.25, -0.2) is 0 Å². The molecule has 0 N–H and O–H groups in total. The molecule has 0 bridgehead atoms. The second-order valence-corrected chi connectivity index (χ2v) is 8.36. The van der Waals surface area contributed by atoms with Gasteiger partial charge in [-0.2, -0.15) is 4.99 Å². The first-order chi connectivity index (χ1) is 11.5. The number of hydrogen-bond donors (Lipinski definition) is 0. The molecule has 0 saturated heterocycles. The summed E-state index contributed by atoms with van der Waals surface area (Å²) in [5, 5.41) is 0. The Bertz CT molecular complexity index is 1040. The molecule has 3 aromatic rings. The number of aromatic nitrogens is 1. The lowest BCUT2D eigenvalue weighted by Gasteiger charge is -2.18. The van der Waals surface area contributed by atoms with Crippen LogP contribution in [0.3, 0.4) is 0 Å². The first-order valence-corrected chi connectivity index (χ1v) is 9.35. The summed E-state index contributed by atoms with van der Waals surface area (Å²) in [6, 6.07) is 5.35. The fraction of sp³-hybridized carbons (Fsp3) is 0.200. The third kappa shape index (κ3) is 2.71. The summed E-state index contributed by atoms with van der Waals surface area (Å²) in [6.45, 7) is 1.06. The summed E-state index contributed by atoms with van der Waals surface area (Å²) < 4.78 is 14.8. The van der Waals surface area contributed by atoms with E-state index in [-0.39, 0.29) is 0 Å². The van der Waals surface area contributed by atoms with Crippen LogP contribution in [-0.4, -0.2) is 23.7 Å². The lowest BCUT2D eigenvalue weighted by atomic mass is 10.3. The van der Waals surface area contributed by atoms with E-state index < -0.39 is 5.91 Å². The Balaban J connectivity index is 1.83. The predicted molar refractivity (Wildman–Crippen MR) is 96.0 cm³/mol. The minimum atomic E-state index is -0.414. The number of thiophene rings is 1. The molecule has 0 radical (unpaired) electrons. The van der Waals surface area contributed by atoms with Crippen LogP contribution in [-0.2, 0) is 7.05 Å². The second-order valence-electron chi connectivity index (χ2n) is 5.06. The van der Waals surface area contributed by atoms with Crippen molar-refractivity contribution >= 4 is 62.0 Å². The summed E-state index contributed by atoms with van der Waals surface area (Å²) in [6.07, 6.45) is 0. The van der Waals surface area contributed by atoms with Crippen molar-refractivity contribution in [3.63, 3.8) is 0 Å². The fourth-order valence-electron chi connectivity index (χ4n) is 2.40. The molecule has 5 nitrogen and oxygen atoms in total. The Morgan fingerprint density at radius 3 is 2.54 bits per heavy atom. The molecule has 9 heteroatoms. The van der Waals surface area contributed by atoms with E-state index in [1.165, 1.54) is 17.4 Å². The summed E-state index contributed by atoms with van der Waals surface area (Å²) in [5.41, 5.74) is 1.24. The lowest BCUT2D eigenvalue weighted by Crippen LogP contribution is -2.15. The van der Waals surface area contributed by atoms with Gasteiger partial charge in [-0.05, 0) is 6.07 Å². The minimum absolute atomic E-state index is 0.315. The van der Waals surface area contributed by atoms with E-state index in [1.54, 1.807) is 0 Å². The molecule has 124 valence electrons. The molecular weight excluding hydrogens is 391 g/mol. The van der Waals surface area contributed by atoms with E-state index in [2.05, 4.69) is 4.99 Å². The number of fused-ring (bicyclic) bond motifs is 2. The Kier molecular flexibility index (Phi) is 4.04. The molecule has 1 aliphatic heterocycles. The number of thiazole rings is 1. The lowest BCUT2D eigenvalue weighted by molar-refractivity contribution is 0.0998. The molecule has 0 fully saturated rings. The molecule has 0 spiro atoms. The van der Waals surface area contributed by atoms with E-state index in [9.17, 15) is 4.79 Å². The number of nitrogens with zero attached hydrogens (tertiary/aromatic N) is 2. The monoisotopic (exact) mass is 400 g/mol. The van der Waals surface area contributed by atoms with Crippen molar-refractivity contribution in [1.29, 1.82) is 0 Å². The first-order valence-electron chi connectivity index (χ1n) is 6.96. The third-order valence-corrected chi connectivity index (χ3v) is 6.14. The topological polar surface area (TPSA) is 52.8 Å². The number of amides is 1. The van der Waals surface area contributed by atoms with Gasteiger partial charge in [0.05, 0.1) is 20.1 Å². The maximum absolute atomic E-state index is 12.4. The molecular formula is C15H10Cl2N2O3S2. The van der Waals surface area contributed by atoms with Gasteiger partial charge in [0.25, 0.3) is 5.91 Å². The number of aryl methyl sites for hydroxylation is 1. The summed E-state index contributed by atoms with van der Waals surface area (Å²) in [5.74, 6) is 0.997. The van der Waals surface area contributed by atoms with Crippen LogP contribution >= 0.6 is 45.9 Å². The van der Waals surface area contributed by atoms with Crippen molar-refractivity contribution in [2.75, 3.05) is 13.2 Å². The van der Waals surface area contributed by atoms with Crippen LogP contribution in [0.4, 0.5) is 0 Å². The molecule has 1 aromatic carbocycles. The van der Waals surface area contributed by atoms with Crippen LogP contribution in [0.5, 0.6) is 11.5 Å². The summed E-state index contributed by atoms with van der Waals surface area (Å²) in [7, 11) is 1.85. The van der Waals surface area contributed by atoms with Crippen LogP contribution in [0.15, 0.2) is 23.2 Å². The number of ether oxygens (including phenoxy) is 2. The van der Waals surface area contributed by atoms with Gasteiger partial charge in [-0.15, -0.1) is 11.3 Å². The quantitative estimate of drug-likeness (QED) is 0.617. The molecule has 1 aliphatic rings. The highest BCUT2D eigenvalue weighted by Crippen LogP contribution is 2.35. The van der Waals surface area contributed by atoms with E-state index in [1.807, 2.05) is 23.7 Å². The Morgan fingerprint density at radius 1 is 1.17 bits per heavy atom. The van der Waals surface area contributed by atoms with Crippen LogP contribution in [0.25, 0.3) is 10.2 Å². The maximum Gasteiger partial charge on any atom is 0.282 e. The van der Waals surface area contributed by atoms with E-state index in [0.717, 1.165) is 21.6 Å². The Labute approximate surface area is 154 Å². The second kappa shape index (κ2) is 6.07. The van der Waals surface area contributed by atoms with Crippen molar-refractivity contribution in [3.8, 4) is 11.5 Å². The maximum atomic E-state index is 12.4. The van der Waals surface area contributed by atoms with Gasteiger partial charge >= 0.3 is 0 Å². The molecule has 24 heavy (non-hydrogen) atoms. The number of benzene rings is 1. The fourth-order valence-corrected chi connectivity index (χ4v) is 4.88. The smallest absolute Gasteiger partial charge is 0.282 e. The molecule has 3 heterocycles. The number of carbonyl (C=O) groups is 1. The van der Waals surface area contributed by atoms with Gasteiger partial charge in [0.2, 0.25) is 0 Å². The molecule has 2 aromatic heterocycles. The molecule has 0 aliphatic carbocycles. The van der Waals surface area contributed by atoms with Crippen LogP contribution in [0.2, 0.25) is 8.67 Å². The largest absolute Gasteiger partial charge is 0.486 e. The van der Waals surface area contributed by atoms with Crippen LogP contribution in [0.1, 0.15) is 10.4 Å². The standard InChI is InChI=1S/C15H10Cl2N2O3S2/c1-19-8-5-9-10(22-3-2-21-9)6-11(8)23-15(19)18-14(20)7-4-12(16)24-13(7)17/h4-6H,2-3H2,1H3. The Hall–Kier alpha value is -1.54. The number of carbonyl (C=O) groups excluding carboxylic acids is 1. The highest BCUT2D eigenvalue weighted by atomic mass is 35.5. The van der Waals surface area contributed by atoms with E-state index in [4.69, 9.17) is 32.7 Å². The van der Waals surface area contributed by atoms with Crippen LogP contribution < -0.4 is 14.3 Å². The Morgan fingerprint density at radius 2 is 1.88 bits per heavy atom. The average molecular weight is 401 g/mol. The highest BCUT2D eigenvalue weighted by Gasteiger charge is 2.17. The third-order valence-electron chi connectivity index (χ3n) is 3.56. The van der Waals surface area contributed by atoms with Gasteiger partial charge in [0.15, 0.2) is 16.3 Å². The van der Waals surface area contributed by atoms with Crippen molar-refractivity contribution in [2.45, 2.75) is 0 Å². The molecule has 0 saturated carbocycles. The van der Waals surface area contributed by atoms with E-state index in [0.29, 0.717) is 43.8 Å². The molecule has 0 atom stereocenters.